The quantitative estimate of drug-likeness (QED) is 0.310. The summed E-state index contributed by atoms with van der Waals surface area (Å²) in [5, 5.41) is 19.4. The average molecular weight is 518 g/mol. The molecule has 1 saturated carbocycles. The molecule has 1 aromatic heterocycles. The second-order valence-corrected chi connectivity index (χ2v) is 9.61. The Morgan fingerprint density at radius 2 is 2.06 bits per heavy atom. The van der Waals surface area contributed by atoms with Crippen LogP contribution in [0.3, 0.4) is 0 Å². The van der Waals surface area contributed by atoms with E-state index in [-0.39, 0.29) is 11.9 Å². The number of hydrogen-bond donors (Lipinski definition) is 4. The summed E-state index contributed by atoms with van der Waals surface area (Å²) in [7, 11) is -2.03. The lowest BCUT2D eigenvalue weighted by atomic mass is 9.84. The Bertz CT molecular complexity index is 1020. The molecule has 5 N–H and O–H groups in total. The molecule has 1 heterocycles. The van der Waals surface area contributed by atoms with Crippen LogP contribution >= 0.6 is 15.9 Å². The van der Waals surface area contributed by atoms with Gasteiger partial charge >= 0.3 is 0 Å². The number of anilines is 2. The molecule has 1 aliphatic carbocycles. The van der Waals surface area contributed by atoms with Gasteiger partial charge in [0.25, 0.3) is 10.2 Å². The van der Waals surface area contributed by atoms with Crippen molar-refractivity contribution in [2.45, 2.75) is 38.1 Å². The zero-order chi connectivity index (χ0) is 22.4. The number of aliphatic imine (C=N–C) groups is 1. The lowest BCUT2D eigenvalue weighted by molar-refractivity contribution is 0.304. The van der Waals surface area contributed by atoms with Crippen LogP contribution in [0.4, 0.5) is 15.9 Å². The first-order chi connectivity index (χ1) is 14.7. The highest BCUT2D eigenvalue weighted by Gasteiger charge is 2.24. The van der Waals surface area contributed by atoms with E-state index in [4.69, 9.17) is 9.77 Å². The Morgan fingerprint density at radius 1 is 1.32 bits per heavy atom. The van der Waals surface area contributed by atoms with E-state index in [0.717, 1.165) is 32.1 Å². The Kier molecular flexibility index (Phi) is 7.97. The first kappa shape index (κ1) is 23.6. The Labute approximate surface area is 188 Å². The predicted octanol–water partition coefficient (Wildman–Crippen LogP) is 2.61. The van der Waals surface area contributed by atoms with Gasteiger partial charge in [0.15, 0.2) is 11.5 Å². The number of amidine groups is 1. The van der Waals surface area contributed by atoms with Crippen molar-refractivity contribution in [3.05, 3.63) is 34.2 Å². The van der Waals surface area contributed by atoms with Gasteiger partial charge in [0.05, 0.1) is 4.47 Å². The van der Waals surface area contributed by atoms with Crippen molar-refractivity contribution in [2.24, 2.45) is 16.0 Å². The third-order valence-electron chi connectivity index (χ3n) is 5.16. The molecule has 31 heavy (non-hydrogen) atoms. The molecule has 2 aromatic rings. The minimum absolute atomic E-state index is 0.186. The Hall–Kier alpha value is -2.09. The second kappa shape index (κ2) is 10.5. The maximum Gasteiger partial charge on any atom is 0.274 e. The summed E-state index contributed by atoms with van der Waals surface area (Å²) >= 11 is 3.16. The van der Waals surface area contributed by atoms with Gasteiger partial charge in [0, 0.05) is 25.3 Å². The second-order valence-electron chi connectivity index (χ2n) is 7.38. The average Bonchev–Trinajstić information content (AvgIpc) is 3.17. The molecule has 0 aliphatic heterocycles. The fourth-order valence-corrected chi connectivity index (χ4v) is 4.35. The molecule has 170 valence electrons. The van der Waals surface area contributed by atoms with E-state index in [1.165, 1.54) is 6.07 Å². The maximum absolute atomic E-state index is 13.5. The van der Waals surface area contributed by atoms with Gasteiger partial charge in [-0.1, -0.05) is 0 Å². The summed E-state index contributed by atoms with van der Waals surface area (Å²) in [5.41, 5.74) is 1.07. The standard InChI is InChI=1S/C18H25BrFN7O3S/c1-22-17(25-13-6-7-15(20)14(19)10-13)16-18(27-30-26-16)24-12-4-2-11(3-5-12)8-9-23-31(21,28)29/h6-7,10-12,23H,2-5,8-9H2,1H3,(H,22,25)(H,24,27)(H2,21,28,29). The topological polar surface area (TPSA) is 148 Å². The van der Waals surface area contributed by atoms with Crippen LogP contribution in [-0.2, 0) is 10.2 Å². The molecule has 1 aromatic carbocycles. The zero-order valence-electron chi connectivity index (χ0n) is 16.9. The predicted molar refractivity (Wildman–Crippen MR) is 120 cm³/mol. The summed E-state index contributed by atoms with van der Waals surface area (Å²) < 4.78 is 43.0. The molecule has 10 nitrogen and oxygen atoms in total. The van der Waals surface area contributed by atoms with E-state index in [0.29, 0.717) is 40.0 Å². The number of halogens is 2. The summed E-state index contributed by atoms with van der Waals surface area (Å²) in [4.78, 5) is 4.22. The van der Waals surface area contributed by atoms with Crippen molar-refractivity contribution in [2.75, 3.05) is 24.2 Å². The minimum Gasteiger partial charge on any atom is -0.363 e. The van der Waals surface area contributed by atoms with Crippen LogP contribution in [0.1, 0.15) is 37.8 Å². The van der Waals surface area contributed by atoms with Crippen molar-refractivity contribution in [3.8, 4) is 0 Å². The highest BCUT2D eigenvalue weighted by Crippen LogP contribution is 2.29. The molecule has 0 unspecified atom stereocenters. The number of nitrogens with zero attached hydrogens (tertiary/aromatic N) is 3. The zero-order valence-corrected chi connectivity index (χ0v) is 19.3. The number of nitrogens with two attached hydrogens (primary N) is 1. The SMILES string of the molecule is CN=C(Nc1ccc(F)c(Br)c1)c1nonc1NC1CCC(CCNS(N)(=O)=O)CC1. The monoisotopic (exact) mass is 517 g/mol. The summed E-state index contributed by atoms with van der Waals surface area (Å²) in [5.74, 6) is 0.995. The van der Waals surface area contributed by atoms with Crippen LogP contribution in [0.5, 0.6) is 0 Å². The molecular weight excluding hydrogens is 493 g/mol. The minimum atomic E-state index is -3.64. The summed E-state index contributed by atoms with van der Waals surface area (Å²) in [6.07, 6.45) is 4.48. The van der Waals surface area contributed by atoms with E-state index in [1.807, 2.05) is 0 Å². The molecule has 0 spiro atoms. The van der Waals surface area contributed by atoms with Crippen LogP contribution in [0.2, 0.25) is 0 Å². The van der Waals surface area contributed by atoms with Gasteiger partial charge in [-0.15, -0.1) is 0 Å². The fraction of sp³-hybridized carbons (Fsp3) is 0.500. The smallest absolute Gasteiger partial charge is 0.274 e. The molecule has 0 saturated heterocycles. The Balaban J connectivity index is 1.56. The summed E-state index contributed by atoms with van der Waals surface area (Å²) in [6, 6.07) is 4.73. The number of benzene rings is 1. The van der Waals surface area contributed by atoms with Crippen LogP contribution in [0.15, 0.2) is 32.3 Å². The van der Waals surface area contributed by atoms with E-state index in [2.05, 4.69) is 46.6 Å². The first-order valence-corrected chi connectivity index (χ1v) is 12.1. The molecular formula is C18H25BrFN7O3S. The molecule has 0 radical (unpaired) electrons. The van der Waals surface area contributed by atoms with Crippen LogP contribution in [0.25, 0.3) is 0 Å². The van der Waals surface area contributed by atoms with Gasteiger partial charge in [-0.05, 0) is 82.5 Å². The van der Waals surface area contributed by atoms with Crippen molar-refractivity contribution >= 4 is 43.5 Å². The van der Waals surface area contributed by atoms with Crippen molar-refractivity contribution in [1.29, 1.82) is 0 Å². The highest BCUT2D eigenvalue weighted by molar-refractivity contribution is 9.10. The lowest BCUT2D eigenvalue weighted by Crippen LogP contribution is -2.33. The van der Waals surface area contributed by atoms with E-state index in [1.54, 1.807) is 19.2 Å². The van der Waals surface area contributed by atoms with E-state index in [9.17, 15) is 12.8 Å². The van der Waals surface area contributed by atoms with Gasteiger partial charge < -0.3 is 10.6 Å². The van der Waals surface area contributed by atoms with Crippen LogP contribution in [-0.4, -0.2) is 44.2 Å². The number of rotatable bonds is 8. The normalized spacial score (nSPS) is 19.9. The van der Waals surface area contributed by atoms with Gasteiger partial charge in [-0.2, -0.15) is 8.42 Å². The maximum atomic E-state index is 13.5. The van der Waals surface area contributed by atoms with Crippen LogP contribution in [0, 0.1) is 11.7 Å². The van der Waals surface area contributed by atoms with Gasteiger partial charge in [0.1, 0.15) is 5.82 Å². The molecule has 0 amide bonds. The van der Waals surface area contributed by atoms with Gasteiger partial charge in [-0.25, -0.2) is 18.9 Å². The number of nitrogens with one attached hydrogen (secondary N) is 3. The lowest BCUT2D eigenvalue weighted by Gasteiger charge is -2.29. The number of aromatic nitrogens is 2. The van der Waals surface area contributed by atoms with Crippen molar-refractivity contribution in [3.63, 3.8) is 0 Å². The molecule has 0 bridgehead atoms. The molecule has 1 aliphatic rings. The fourth-order valence-electron chi connectivity index (χ4n) is 3.56. The van der Waals surface area contributed by atoms with Crippen molar-refractivity contribution < 1.29 is 17.4 Å². The third-order valence-corrected chi connectivity index (χ3v) is 6.38. The molecule has 1 fully saturated rings. The molecule has 13 heteroatoms. The van der Waals surface area contributed by atoms with Crippen LogP contribution < -0.4 is 20.5 Å². The molecule has 0 atom stereocenters. The Morgan fingerprint density at radius 3 is 2.71 bits per heavy atom. The van der Waals surface area contributed by atoms with E-state index < -0.39 is 10.2 Å². The van der Waals surface area contributed by atoms with Gasteiger partial charge in [-0.3, -0.25) is 4.99 Å². The molecule has 3 rings (SSSR count). The van der Waals surface area contributed by atoms with Crippen molar-refractivity contribution in [1.82, 2.24) is 15.0 Å². The summed E-state index contributed by atoms with van der Waals surface area (Å²) in [6.45, 7) is 0.348. The number of hydrogen-bond acceptors (Lipinski definition) is 7. The third kappa shape index (κ3) is 6.95. The largest absolute Gasteiger partial charge is 0.363 e. The van der Waals surface area contributed by atoms with E-state index >= 15 is 0 Å². The first-order valence-electron chi connectivity index (χ1n) is 9.81. The highest BCUT2D eigenvalue weighted by atomic mass is 79.9. The van der Waals surface area contributed by atoms with Gasteiger partial charge in [0.2, 0.25) is 5.82 Å².